The monoisotopic (exact) mass is 566 g/mol. The van der Waals surface area contributed by atoms with Crippen molar-refractivity contribution in [1.29, 1.82) is 0 Å². The van der Waals surface area contributed by atoms with Crippen LogP contribution in [0.15, 0.2) is 65.1 Å². The Kier molecular flexibility index (Phi) is 9.41. The Morgan fingerprint density at radius 1 is 1.19 bits per heavy atom. The number of benzene rings is 2. The lowest BCUT2D eigenvalue weighted by molar-refractivity contribution is 0.0697. The third-order valence-corrected chi connectivity index (χ3v) is 7.59. The molecule has 37 heavy (non-hydrogen) atoms. The van der Waals surface area contributed by atoms with Crippen molar-refractivity contribution in [2.45, 2.75) is 38.8 Å². The summed E-state index contributed by atoms with van der Waals surface area (Å²) in [4.78, 5) is 20.7. The average molecular weight is 568 g/mol. The number of carboxylic acids is 1. The van der Waals surface area contributed by atoms with Gasteiger partial charge in [-0.05, 0) is 102 Å². The highest BCUT2D eigenvalue weighted by molar-refractivity contribution is 9.10. The molecule has 196 valence electrons. The summed E-state index contributed by atoms with van der Waals surface area (Å²) < 4.78 is 6.25. The van der Waals surface area contributed by atoms with Crippen molar-refractivity contribution in [2.75, 3.05) is 37.4 Å². The molecule has 0 aliphatic carbocycles. The van der Waals surface area contributed by atoms with Crippen LogP contribution in [0, 0.1) is 5.92 Å². The third kappa shape index (κ3) is 7.69. The number of hydrogen-bond donors (Lipinski definition) is 2. The first kappa shape index (κ1) is 26.9. The molecule has 2 aromatic carbocycles. The van der Waals surface area contributed by atoms with E-state index in [-0.39, 0.29) is 0 Å². The van der Waals surface area contributed by atoms with Crippen LogP contribution >= 0.6 is 15.9 Å². The maximum Gasteiger partial charge on any atom is 0.335 e. The molecule has 3 N–H and O–H groups in total. The molecule has 0 amide bonds. The first-order valence-corrected chi connectivity index (χ1v) is 13.5. The SMILES string of the molecule is COc1ccc(CN(CCCC2CCCN(c3cc(C(=O)O)ccc3Br)C2)Cc2cccc(N)n2)cc1. The maximum atomic E-state index is 11.5. The largest absolute Gasteiger partial charge is 0.497 e. The molecule has 1 atom stereocenters. The summed E-state index contributed by atoms with van der Waals surface area (Å²) in [6.45, 7) is 4.41. The topological polar surface area (TPSA) is 91.9 Å². The van der Waals surface area contributed by atoms with Gasteiger partial charge in [-0.3, -0.25) is 4.90 Å². The number of carboxylic acid groups (broad SMARTS) is 1. The smallest absolute Gasteiger partial charge is 0.335 e. The van der Waals surface area contributed by atoms with E-state index in [0.29, 0.717) is 17.3 Å². The van der Waals surface area contributed by atoms with Gasteiger partial charge >= 0.3 is 5.97 Å². The van der Waals surface area contributed by atoms with Crippen LogP contribution in [-0.4, -0.2) is 47.7 Å². The van der Waals surface area contributed by atoms with Gasteiger partial charge in [-0.15, -0.1) is 0 Å². The summed E-state index contributed by atoms with van der Waals surface area (Å²) in [7, 11) is 1.68. The molecule has 1 aromatic heterocycles. The highest BCUT2D eigenvalue weighted by Gasteiger charge is 2.22. The highest BCUT2D eigenvalue weighted by atomic mass is 79.9. The van der Waals surface area contributed by atoms with Crippen LogP contribution in [0.4, 0.5) is 11.5 Å². The van der Waals surface area contributed by atoms with Gasteiger partial charge < -0.3 is 20.5 Å². The van der Waals surface area contributed by atoms with Crippen molar-refractivity contribution >= 4 is 33.4 Å². The highest BCUT2D eigenvalue weighted by Crippen LogP contribution is 2.32. The number of nitrogen functional groups attached to an aromatic ring is 1. The van der Waals surface area contributed by atoms with Crippen molar-refractivity contribution < 1.29 is 14.6 Å². The van der Waals surface area contributed by atoms with E-state index in [9.17, 15) is 9.90 Å². The van der Waals surface area contributed by atoms with Gasteiger partial charge in [-0.2, -0.15) is 0 Å². The molecule has 1 unspecified atom stereocenters. The van der Waals surface area contributed by atoms with E-state index in [2.05, 4.69) is 42.8 Å². The molecule has 3 aromatic rings. The number of piperidine rings is 1. The molecule has 0 radical (unpaired) electrons. The first-order valence-electron chi connectivity index (χ1n) is 12.8. The number of ether oxygens (including phenoxy) is 1. The second-order valence-electron chi connectivity index (χ2n) is 9.68. The van der Waals surface area contributed by atoms with Crippen LogP contribution in [0.5, 0.6) is 5.75 Å². The number of nitrogens with zero attached hydrogens (tertiary/aromatic N) is 3. The van der Waals surface area contributed by atoms with Gasteiger partial charge in [-0.25, -0.2) is 9.78 Å². The zero-order chi connectivity index (χ0) is 26.2. The molecular formula is C29H35BrN4O3. The van der Waals surface area contributed by atoms with Gasteiger partial charge in [0.25, 0.3) is 0 Å². The number of nitrogens with two attached hydrogens (primary N) is 1. The van der Waals surface area contributed by atoms with Gasteiger partial charge in [0.05, 0.1) is 24.1 Å². The predicted octanol–water partition coefficient (Wildman–Crippen LogP) is 5.83. The predicted molar refractivity (Wildman–Crippen MR) is 151 cm³/mol. The number of pyridine rings is 1. The molecule has 8 heteroatoms. The lowest BCUT2D eigenvalue weighted by Gasteiger charge is -2.35. The summed E-state index contributed by atoms with van der Waals surface area (Å²) >= 11 is 3.62. The van der Waals surface area contributed by atoms with Crippen LogP contribution in [0.1, 0.15) is 47.3 Å². The lowest BCUT2D eigenvalue weighted by atomic mass is 9.92. The quantitative estimate of drug-likeness (QED) is 0.301. The van der Waals surface area contributed by atoms with Crippen molar-refractivity contribution in [1.82, 2.24) is 9.88 Å². The minimum atomic E-state index is -0.895. The van der Waals surface area contributed by atoms with E-state index in [0.717, 1.165) is 73.6 Å². The molecule has 7 nitrogen and oxygen atoms in total. The summed E-state index contributed by atoms with van der Waals surface area (Å²) in [6.07, 6.45) is 4.50. The van der Waals surface area contributed by atoms with E-state index < -0.39 is 5.97 Å². The van der Waals surface area contributed by atoms with Crippen LogP contribution < -0.4 is 15.4 Å². The van der Waals surface area contributed by atoms with E-state index in [4.69, 9.17) is 10.5 Å². The molecule has 1 aliphatic rings. The zero-order valence-corrected chi connectivity index (χ0v) is 22.9. The standard InChI is InChI=1S/C29H35BrN4O3/c1-37-25-12-9-22(10-13-25)18-33(20-24-7-2-8-28(31)32-24)15-3-5-21-6-4-16-34(19-21)27-17-23(29(35)36)11-14-26(27)30/h2,7-14,17,21H,3-6,15-16,18-20H2,1H3,(H2,31,32)(H,35,36). The van der Waals surface area contributed by atoms with Crippen molar-refractivity contribution in [3.8, 4) is 5.75 Å². The molecule has 0 bridgehead atoms. The fourth-order valence-corrected chi connectivity index (χ4v) is 5.53. The van der Waals surface area contributed by atoms with Gasteiger partial charge in [0.1, 0.15) is 11.6 Å². The molecule has 4 rings (SSSR count). The van der Waals surface area contributed by atoms with Crippen molar-refractivity contribution in [2.24, 2.45) is 5.92 Å². The first-order chi connectivity index (χ1) is 17.9. The molecule has 0 spiro atoms. The van der Waals surface area contributed by atoms with Crippen molar-refractivity contribution in [3.63, 3.8) is 0 Å². The molecule has 1 saturated heterocycles. The number of halogens is 1. The van der Waals surface area contributed by atoms with Gasteiger partial charge in [0, 0.05) is 30.7 Å². The normalized spacial score (nSPS) is 15.6. The summed E-state index contributed by atoms with van der Waals surface area (Å²) in [5.74, 6) is 1.08. The fraction of sp³-hybridized carbons (Fsp3) is 0.379. The van der Waals surface area contributed by atoms with E-state index >= 15 is 0 Å². The van der Waals surface area contributed by atoms with Crippen LogP contribution in [0.2, 0.25) is 0 Å². The summed E-state index contributed by atoms with van der Waals surface area (Å²) in [6, 6.07) is 19.3. The number of hydrogen-bond acceptors (Lipinski definition) is 6. The Balaban J connectivity index is 1.38. The van der Waals surface area contributed by atoms with Gasteiger partial charge in [-0.1, -0.05) is 18.2 Å². The van der Waals surface area contributed by atoms with Crippen LogP contribution in [0.3, 0.4) is 0 Å². The zero-order valence-electron chi connectivity index (χ0n) is 21.3. The second kappa shape index (κ2) is 12.9. The molecule has 0 saturated carbocycles. The Bertz CT molecular complexity index is 1190. The number of methoxy groups -OCH3 is 1. The average Bonchev–Trinajstić information content (AvgIpc) is 2.89. The Hall–Kier alpha value is -3.10. The van der Waals surface area contributed by atoms with E-state index in [1.807, 2.05) is 36.4 Å². The van der Waals surface area contributed by atoms with Crippen LogP contribution in [-0.2, 0) is 13.1 Å². The Labute approximate surface area is 227 Å². The number of aromatic nitrogens is 1. The number of rotatable bonds is 11. The van der Waals surface area contributed by atoms with Crippen LogP contribution in [0.25, 0.3) is 0 Å². The Morgan fingerprint density at radius 3 is 2.73 bits per heavy atom. The van der Waals surface area contributed by atoms with Gasteiger partial charge in [0.2, 0.25) is 0 Å². The number of anilines is 2. The van der Waals surface area contributed by atoms with E-state index in [1.54, 1.807) is 19.2 Å². The summed E-state index contributed by atoms with van der Waals surface area (Å²) in [5.41, 5.74) is 9.43. The molecule has 1 fully saturated rings. The third-order valence-electron chi connectivity index (χ3n) is 6.92. The fourth-order valence-electron chi connectivity index (χ4n) is 5.03. The maximum absolute atomic E-state index is 11.5. The second-order valence-corrected chi connectivity index (χ2v) is 10.5. The van der Waals surface area contributed by atoms with E-state index in [1.165, 1.54) is 12.0 Å². The number of carbonyl (C=O) groups is 1. The minimum Gasteiger partial charge on any atom is -0.497 e. The Morgan fingerprint density at radius 2 is 2.00 bits per heavy atom. The van der Waals surface area contributed by atoms with Crippen molar-refractivity contribution in [3.05, 3.63) is 82.0 Å². The van der Waals surface area contributed by atoms with Gasteiger partial charge in [0.15, 0.2) is 0 Å². The molecule has 2 heterocycles. The molecule has 1 aliphatic heterocycles. The molecular weight excluding hydrogens is 532 g/mol. The summed E-state index contributed by atoms with van der Waals surface area (Å²) in [5, 5.41) is 9.42. The lowest BCUT2D eigenvalue weighted by Crippen LogP contribution is -2.36. The minimum absolute atomic E-state index is 0.324. The number of aromatic carboxylic acids is 1.